The largest absolute Gasteiger partial charge is 0.324 e. The van der Waals surface area contributed by atoms with Crippen molar-refractivity contribution in [2.45, 2.75) is 19.0 Å². The summed E-state index contributed by atoms with van der Waals surface area (Å²) < 4.78 is 1.05. The summed E-state index contributed by atoms with van der Waals surface area (Å²) in [5.74, 6) is 0.0311. The highest BCUT2D eigenvalue weighted by Gasteiger charge is 2.24. The number of halogens is 1. The van der Waals surface area contributed by atoms with Gasteiger partial charge in [0.25, 0.3) is 0 Å². The van der Waals surface area contributed by atoms with E-state index in [4.69, 9.17) is 0 Å². The Morgan fingerprint density at radius 2 is 1.80 bits per heavy atom. The number of fused-ring (bicyclic) bond motifs is 1. The van der Waals surface area contributed by atoms with Gasteiger partial charge in [-0.3, -0.25) is 4.79 Å². The lowest BCUT2D eigenvalue weighted by Gasteiger charge is -2.25. The minimum atomic E-state index is -0.166. The molecule has 0 fully saturated rings. The molecule has 0 aromatic heterocycles. The van der Waals surface area contributed by atoms with Crippen molar-refractivity contribution in [3.05, 3.63) is 63.2 Å². The molecule has 1 amide bonds. The zero-order valence-corrected chi connectivity index (χ0v) is 13.1. The summed E-state index contributed by atoms with van der Waals surface area (Å²) in [6, 6.07) is 15.9. The molecule has 0 radical (unpaired) electrons. The van der Waals surface area contributed by atoms with Crippen LogP contribution in [0.4, 0.5) is 5.69 Å². The van der Waals surface area contributed by atoms with Crippen molar-refractivity contribution in [1.82, 2.24) is 5.32 Å². The van der Waals surface area contributed by atoms with E-state index in [9.17, 15) is 4.79 Å². The molecule has 1 aliphatic rings. The number of anilines is 1. The van der Waals surface area contributed by atoms with Crippen molar-refractivity contribution in [3.63, 3.8) is 0 Å². The van der Waals surface area contributed by atoms with E-state index in [1.165, 1.54) is 11.1 Å². The molecule has 0 saturated heterocycles. The molecule has 1 aliphatic heterocycles. The average molecular weight is 378 g/mol. The molecular weight excluding hydrogens is 363 g/mol. The lowest BCUT2D eigenvalue weighted by Crippen LogP contribution is -2.44. The van der Waals surface area contributed by atoms with Gasteiger partial charge >= 0.3 is 0 Å². The Morgan fingerprint density at radius 3 is 2.60 bits per heavy atom. The molecular formula is C16H15IN2O. The maximum Gasteiger partial charge on any atom is 0.241 e. The minimum absolute atomic E-state index is 0.0311. The van der Waals surface area contributed by atoms with Crippen LogP contribution in [0.3, 0.4) is 0 Å². The van der Waals surface area contributed by atoms with Crippen LogP contribution >= 0.6 is 22.6 Å². The van der Waals surface area contributed by atoms with Crippen molar-refractivity contribution in [1.29, 1.82) is 0 Å². The molecule has 2 aromatic rings. The van der Waals surface area contributed by atoms with Gasteiger partial charge in [-0.15, -0.1) is 0 Å². The second-order valence-electron chi connectivity index (χ2n) is 4.88. The van der Waals surface area contributed by atoms with Gasteiger partial charge in [-0.1, -0.05) is 36.4 Å². The summed E-state index contributed by atoms with van der Waals surface area (Å²) in [6.45, 7) is 0.750. The molecule has 4 heteroatoms. The fraction of sp³-hybridized carbons (Fsp3) is 0.188. The van der Waals surface area contributed by atoms with Crippen LogP contribution in [0, 0.1) is 3.57 Å². The van der Waals surface area contributed by atoms with E-state index in [1.807, 2.05) is 36.4 Å². The first-order valence-corrected chi connectivity index (χ1v) is 7.67. The number of para-hydroxylation sites is 1. The van der Waals surface area contributed by atoms with Crippen molar-refractivity contribution in [3.8, 4) is 0 Å². The molecule has 1 atom stereocenters. The van der Waals surface area contributed by atoms with Gasteiger partial charge in [0, 0.05) is 10.1 Å². The predicted molar refractivity (Wildman–Crippen MR) is 88.6 cm³/mol. The van der Waals surface area contributed by atoms with Gasteiger partial charge in [0.15, 0.2) is 0 Å². The zero-order valence-electron chi connectivity index (χ0n) is 10.9. The van der Waals surface area contributed by atoms with E-state index in [-0.39, 0.29) is 11.9 Å². The van der Waals surface area contributed by atoms with E-state index in [1.54, 1.807) is 0 Å². The van der Waals surface area contributed by atoms with Crippen LogP contribution in [0.1, 0.15) is 11.1 Å². The Balaban J connectivity index is 1.72. The third-order valence-electron chi connectivity index (χ3n) is 3.53. The van der Waals surface area contributed by atoms with Crippen LogP contribution in [0.15, 0.2) is 48.5 Å². The SMILES string of the molecule is O=C(Nc1ccccc1I)C1Cc2ccccc2CN1. The highest BCUT2D eigenvalue weighted by Crippen LogP contribution is 2.20. The summed E-state index contributed by atoms with van der Waals surface area (Å²) in [7, 11) is 0. The Hall–Kier alpha value is -1.40. The first kappa shape index (κ1) is 13.6. The number of hydrogen-bond donors (Lipinski definition) is 2. The van der Waals surface area contributed by atoms with Gasteiger partial charge in [0.05, 0.1) is 11.7 Å². The lowest BCUT2D eigenvalue weighted by molar-refractivity contribution is -0.118. The van der Waals surface area contributed by atoms with Gasteiger partial charge in [0.1, 0.15) is 0 Å². The number of hydrogen-bond acceptors (Lipinski definition) is 2. The molecule has 0 bridgehead atoms. The molecule has 3 rings (SSSR count). The fourth-order valence-electron chi connectivity index (χ4n) is 2.42. The molecule has 102 valence electrons. The van der Waals surface area contributed by atoms with Crippen molar-refractivity contribution in [2.24, 2.45) is 0 Å². The molecule has 0 saturated carbocycles. The first-order chi connectivity index (χ1) is 9.74. The second kappa shape index (κ2) is 5.93. The fourth-order valence-corrected chi connectivity index (χ4v) is 2.94. The van der Waals surface area contributed by atoms with Gasteiger partial charge < -0.3 is 10.6 Å². The normalized spacial score (nSPS) is 17.4. The third kappa shape index (κ3) is 2.86. The monoisotopic (exact) mass is 378 g/mol. The van der Waals surface area contributed by atoms with Gasteiger partial charge in [-0.05, 0) is 52.3 Å². The molecule has 1 unspecified atom stereocenters. The van der Waals surface area contributed by atoms with Crippen LogP contribution in [-0.4, -0.2) is 11.9 Å². The predicted octanol–water partition coefficient (Wildman–Crippen LogP) is 2.94. The van der Waals surface area contributed by atoms with Crippen molar-refractivity contribution in [2.75, 3.05) is 5.32 Å². The average Bonchev–Trinajstić information content (AvgIpc) is 2.49. The molecule has 1 heterocycles. The molecule has 3 nitrogen and oxygen atoms in total. The van der Waals surface area contributed by atoms with E-state index in [0.29, 0.717) is 0 Å². The number of carbonyl (C=O) groups excluding carboxylic acids is 1. The van der Waals surface area contributed by atoms with Gasteiger partial charge in [-0.2, -0.15) is 0 Å². The maximum absolute atomic E-state index is 12.4. The van der Waals surface area contributed by atoms with Gasteiger partial charge in [0.2, 0.25) is 5.91 Å². The number of nitrogens with one attached hydrogen (secondary N) is 2. The summed E-state index contributed by atoms with van der Waals surface area (Å²) in [5, 5.41) is 6.30. The Labute approximate surface area is 131 Å². The quantitative estimate of drug-likeness (QED) is 0.790. The number of benzene rings is 2. The van der Waals surface area contributed by atoms with E-state index in [2.05, 4.69) is 45.4 Å². The molecule has 20 heavy (non-hydrogen) atoms. The van der Waals surface area contributed by atoms with Crippen molar-refractivity contribution >= 4 is 34.2 Å². The lowest BCUT2D eigenvalue weighted by atomic mass is 9.95. The number of carbonyl (C=O) groups is 1. The second-order valence-corrected chi connectivity index (χ2v) is 6.04. The number of amides is 1. The van der Waals surface area contributed by atoms with E-state index >= 15 is 0 Å². The Kier molecular flexibility index (Phi) is 4.03. The van der Waals surface area contributed by atoms with Crippen LogP contribution < -0.4 is 10.6 Å². The summed E-state index contributed by atoms with van der Waals surface area (Å²) in [5.41, 5.74) is 3.42. The summed E-state index contributed by atoms with van der Waals surface area (Å²) in [4.78, 5) is 12.4. The molecule has 2 aromatic carbocycles. The number of rotatable bonds is 2. The Bertz CT molecular complexity index is 642. The van der Waals surface area contributed by atoms with Crippen molar-refractivity contribution < 1.29 is 4.79 Å². The van der Waals surface area contributed by atoms with E-state index in [0.717, 1.165) is 22.2 Å². The highest BCUT2D eigenvalue weighted by molar-refractivity contribution is 14.1. The summed E-state index contributed by atoms with van der Waals surface area (Å²) in [6.07, 6.45) is 0.741. The topological polar surface area (TPSA) is 41.1 Å². The van der Waals surface area contributed by atoms with Crippen LogP contribution in [0.5, 0.6) is 0 Å². The van der Waals surface area contributed by atoms with Crippen LogP contribution in [-0.2, 0) is 17.8 Å². The molecule has 0 spiro atoms. The highest BCUT2D eigenvalue weighted by atomic mass is 127. The van der Waals surface area contributed by atoms with E-state index < -0.39 is 0 Å². The first-order valence-electron chi connectivity index (χ1n) is 6.59. The Morgan fingerprint density at radius 1 is 1.10 bits per heavy atom. The minimum Gasteiger partial charge on any atom is -0.324 e. The van der Waals surface area contributed by atoms with Crippen LogP contribution in [0.25, 0.3) is 0 Å². The third-order valence-corrected chi connectivity index (χ3v) is 4.47. The molecule has 2 N–H and O–H groups in total. The smallest absolute Gasteiger partial charge is 0.241 e. The zero-order chi connectivity index (χ0) is 13.9. The molecule has 0 aliphatic carbocycles. The van der Waals surface area contributed by atoms with Gasteiger partial charge in [-0.25, -0.2) is 0 Å². The maximum atomic E-state index is 12.4. The standard InChI is InChI=1S/C16H15IN2O/c17-13-7-3-4-8-14(13)19-16(20)15-9-11-5-1-2-6-12(11)10-18-15/h1-8,15,18H,9-10H2,(H,19,20). The van der Waals surface area contributed by atoms with Crippen LogP contribution in [0.2, 0.25) is 0 Å². The summed E-state index contributed by atoms with van der Waals surface area (Å²) >= 11 is 2.23.